The Morgan fingerprint density at radius 3 is 1.75 bits per heavy atom. The number of furan rings is 2. The number of hydrogen-bond donors (Lipinski definition) is 0. The summed E-state index contributed by atoms with van der Waals surface area (Å²) in [4.78, 5) is 16.1. The summed E-state index contributed by atoms with van der Waals surface area (Å²) in [5.74, 6) is 1.56. The largest absolute Gasteiger partial charge is 0.455 e. The average Bonchev–Trinajstić information content (AvgIpc) is 3.97. The third-order valence-electron chi connectivity index (χ3n) is 11.8. The second kappa shape index (κ2) is 12.2. The van der Waals surface area contributed by atoms with Gasteiger partial charge in [-0.05, 0) is 76.1 Å². The van der Waals surface area contributed by atoms with E-state index >= 15 is 0 Å². The van der Waals surface area contributed by atoms with E-state index in [1.165, 1.54) is 10.8 Å². The van der Waals surface area contributed by atoms with Crippen LogP contribution in [-0.2, 0) is 0 Å². The Morgan fingerprint density at radius 1 is 0.356 bits per heavy atom. The van der Waals surface area contributed by atoms with Gasteiger partial charge in [0.1, 0.15) is 22.3 Å². The smallest absolute Gasteiger partial charge is 0.170 e. The van der Waals surface area contributed by atoms with E-state index in [4.69, 9.17) is 23.8 Å². The first kappa shape index (κ1) is 32.0. The minimum atomic E-state index is 0.498. The Morgan fingerprint density at radius 2 is 0.949 bits per heavy atom. The molecule has 9 aromatic carbocycles. The van der Waals surface area contributed by atoms with Gasteiger partial charge in [0.05, 0.1) is 27.8 Å². The zero-order chi connectivity index (χ0) is 38.6. The highest BCUT2D eigenvalue weighted by atomic mass is 16.3. The van der Waals surface area contributed by atoms with Gasteiger partial charge in [-0.3, -0.25) is 0 Å². The van der Waals surface area contributed by atoms with Crippen molar-refractivity contribution in [3.05, 3.63) is 182 Å². The molecule has 0 amide bonds. The summed E-state index contributed by atoms with van der Waals surface area (Å²) in [5.41, 5.74) is 8.54. The van der Waals surface area contributed by atoms with Gasteiger partial charge in [0.2, 0.25) is 0 Å². The van der Waals surface area contributed by atoms with E-state index in [9.17, 15) is 0 Å². The Labute approximate surface area is 336 Å². The van der Waals surface area contributed by atoms with E-state index in [0.717, 1.165) is 93.2 Å². The quantitative estimate of drug-likeness (QED) is 0.179. The molecule has 0 N–H and O–H groups in total. The molecule has 274 valence electrons. The molecule has 0 saturated heterocycles. The third kappa shape index (κ3) is 4.77. The molecule has 13 aromatic rings. The van der Waals surface area contributed by atoms with Crippen molar-refractivity contribution in [2.45, 2.75) is 0 Å². The van der Waals surface area contributed by atoms with Crippen molar-refractivity contribution < 1.29 is 8.83 Å². The van der Waals surface area contributed by atoms with Crippen LogP contribution in [0.4, 0.5) is 0 Å². The van der Waals surface area contributed by atoms with Crippen molar-refractivity contribution in [2.24, 2.45) is 0 Å². The van der Waals surface area contributed by atoms with Gasteiger partial charge < -0.3 is 13.4 Å². The molecule has 0 unspecified atom stereocenters. The maximum absolute atomic E-state index is 6.90. The molecule has 0 aliphatic heterocycles. The topological polar surface area (TPSA) is 69.9 Å². The Bertz CT molecular complexity index is 3870. The molecule has 0 fully saturated rings. The van der Waals surface area contributed by atoms with Gasteiger partial charge in [0.25, 0.3) is 0 Å². The van der Waals surface area contributed by atoms with Gasteiger partial charge in [-0.1, -0.05) is 127 Å². The van der Waals surface area contributed by atoms with Crippen molar-refractivity contribution in [1.29, 1.82) is 0 Å². The summed E-state index contributed by atoms with van der Waals surface area (Å²) < 4.78 is 15.8. The number of hydrogen-bond acceptors (Lipinski definition) is 5. The van der Waals surface area contributed by atoms with E-state index < -0.39 is 0 Å². The van der Waals surface area contributed by atoms with Crippen LogP contribution >= 0.6 is 0 Å². The molecule has 13 rings (SSSR count). The monoisotopic (exact) mass is 754 g/mol. The fourth-order valence-electron chi connectivity index (χ4n) is 9.08. The van der Waals surface area contributed by atoms with Gasteiger partial charge in [-0.2, -0.15) is 0 Å². The van der Waals surface area contributed by atoms with Crippen molar-refractivity contribution in [3.63, 3.8) is 0 Å². The lowest BCUT2D eigenvalue weighted by molar-refractivity contribution is 0.669. The number of aromatic nitrogens is 4. The van der Waals surface area contributed by atoms with E-state index in [1.807, 2.05) is 42.5 Å². The number of fused-ring (bicyclic) bond motifs is 11. The molecule has 0 spiro atoms. The molecule has 0 saturated carbocycles. The molecule has 0 bridgehead atoms. The molecule has 4 aromatic heterocycles. The first-order valence-electron chi connectivity index (χ1n) is 19.8. The second-order valence-electron chi connectivity index (χ2n) is 15.2. The zero-order valence-corrected chi connectivity index (χ0v) is 31.4. The average molecular weight is 755 g/mol. The van der Waals surface area contributed by atoms with E-state index in [-0.39, 0.29) is 0 Å². The van der Waals surface area contributed by atoms with Crippen LogP contribution in [0.3, 0.4) is 0 Å². The Balaban J connectivity index is 1.17. The van der Waals surface area contributed by atoms with Gasteiger partial charge in [-0.15, -0.1) is 0 Å². The van der Waals surface area contributed by atoms with Crippen LogP contribution in [0.15, 0.2) is 191 Å². The standard InChI is InChI=1S/C53H30N4O2/c1-2-13-32-28-35(25-24-31(32)12-1)51-54-52(41-20-11-19-39-37-17-6-9-22-46(37)58-49(39)41)56-53(55-51)48-44(27-26-40-38-18-7-10-23-47(38)59-50(40)48)57-43-21-8-5-16-36(43)42-29-33-14-3-4-15-34(33)30-45(42)57/h1-30H. The maximum Gasteiger partial charge on any atom is 0.170 e. The lowest BCUT2D eigenvalue weighted by atomic mass is 10.0. The van der Waals surface area contributed by atoms with Crippen LogP contribution in [0, 0.1) is 0 Å². The minimum Gasteiger partial charge on any atom is -0.455 e. The molecule has 4 heterocycles. The van der Waals surface area contributed by atoms with Crippen molar-refractivity contribution >= 4 is 87.2 Å². The van der Waals surface area contributed by atoms with Crippen LogP contribution in [-0.4, -0.2) is 19.5 Å². The van der Waals surface area contributed by atoms with Crippen LogP contribution < -0.4 is 0 Å². The fraction of sp³-hybridized carbons (Fsp3) is 0. The molecule has 0 aliphatic rings. The van der Waals surface area contributed by atoms with E-state index in [2.05, 4.69) is 144 Å². The zero-order valence-electron chi connectivity index (χ0n) is 31.4. The molecule has 0 atom stereocenters. The minimum absolute atomic E-state index is 0.498. The summed E-state index contributed by atoms with van der Waals surface area (Å²) in [6.07, 6.45) is 0. The summed E-state index contributed by atoms with van der Waals surface area (Å²) in [6.45, 7) is 0. The van der Waals surface area contributed by atoms with Crippen LogP contribution in [0.2, 0.25) is 0 Å². The molecule has 0 aliphatic carbocycles. The van der Waals surface area contributed by atoms with Gasteiger partial charge in [-0.25, -0.2) is 15.0 Å². The lowest BCUT2D eigenvalue weighted by Gasteiger charge is -2.15. The highest BCUT2D eigenvalue weighted by molar-refractivity contribution is 6.16. The predicted molar refractivity (Wildman–Crippen MR) is 240 cm³/mol. The molecular weight excluding hydrogens is 725 g/mol. The summed E-state index contributed by atoms with van der Waals surface area (Å²) in [5, 5.41) is 11.0. The maximum atomic E-state index is 6.90. The fourth-order valence-corrected chi connectivity index (χ4v) is 9.08. The third-order valence-corrected chi connectivity index (χ3v) is 11.8. The SMILES string of the molecule is c1ccc2cc(-c3nc(-c4cccc5c4oc4ccccc45)nc(-c4c(-n5c6ccccc6c6cc7ccccc7cc65)ccc5c4oc4ccccc45)n3)ccc2c1. The molecule has 0 radical (unpaired) electrons. The van der Waals surface area contributed by atoms with Crippen molar-refractivity contribution in [2.75, 3.05) is 0 Å². The second-order valence-corrected chi connectivity index (χ2v) is 15.2. The van der Waals surface area contributed by atoms with Gasteiger partial charge >= 0.3 is 0 Å². The molecule has 59 heavy (non-hydrogen) atoms. The van der Waals surface area contributed by atoms with Gasteiger partial charge in [0, 0.05) is 37.9 Å². The summed E-state index contributed by atoms with van der Waals surface area (Å²) in [7, 11) is 0. The van der Waals surface area contributed by atoms with Crippen molar-refractivity contribution in [1.82, 2.24) is 19.5 Å². The lowest BCUT2D eigenvalue weighted by Crippen LogP contribution is -2.04. The van der Waals surface area contributed by atoms with Gasteiger partial charge in [0.15, 0.2) is 17.5 Å². The van der Waals surface area contributed by atoms with E-state index in [0.29, 0.717) is 23.1 Å². The van der Waals surface area contributed by atoms with E-state index in [1.54, 1.807) is 0 Å². The van der Waals surface area contributed by atoms with Crippen LogP contribution in [0.25, 0.3) is 127 Å². The predicted octanol–water partition coefficient (Wildman–Crippen LogP) is 14.1. The number of para-hydroxylation sites is 4. The normalized spacial score (nSPS) is 12.1. The van der Waals surface area contributed by atoms with Crippen molar-refractivity contribution in [3.8, 4) is 39.9 Å². The first-order chi connectivity index (χ1) is 29.2. The summed E-state index contributed by atoms with van der Waals surface area (Å²) in [6, 6.07) is 63.3. The molecule has 6 nitrogen and oxygen atoms in total. The molecular formula is C53H30N4O2. The number of rotatable bonds is 4. The Hall–Kier alpha value is -8.09. The summed E-state index contributed by atoms with van der Waals surface area (Å²) >= 11 is 0. The molecule has 6 heteroatoms. The highest BCUT2D eigenvalue weighted by Gasteiger charge is 2.25. The number of nitrogens with zero attached hydrogens (tertiary/aromatic N) is 4. The Kier molecular flexibility index (Phi) is 6.63. The van der Waals surface area contributed by atoms with Crippen LogP contribution in [0.5, 0.6) is 0 Å². The first-order valence-corrected chi connectivity index (χ1v) is 19.8. The number of benzene rings is 9. The van der Waals surface area contributed by atoms with Crippen LogP contribution in [0.1, 0.15) is 0 Å². The highest BCUT2D eigenvalue weighted by Crippen LogP contribution is 2.44.